The lowest BCUT2D eigenvalue weighted by Gasteiger charge is -2.49. The number of thioether (sulfide) groups is 2. The lowest BCUT2D eigenvalue weighted by molar-refractivity contribution is -0.121. The van der Waals surface area contributed by atoms with E-state index in [4.69, 9.17) is 0 Å². The molecule has 2 rings (SSSR count). The van der Waals surface area contributed by atoms with E-state index in [0.717, 1.165) is 6.42 Å². The van der Waals surface area contributed by atoms with Crippen molar-refractivity contribution in [1.29, 1.82) is 0 Å². The summed E-state index contributed by atoms with van der Waals surface area (Å²) in [6, 6.07) is 0.142. The van der Waals surface area contributed by atoms with E-state index in [0.29, 0.717) is 0 Å². The Bertz CT molecular complexity index is 193. The number of carbonyl (C=O) groups excluding carboxylic acids is 1. The molecule has 2 aliphatic heterocycles. The fourth-order valence-corrected chi connectivity index (χ4v) is 4.81. The van der Waals surface area contributed by atoms with Gasteiger partial charge in [0.1, 0.15) is 9.99 Å². The quantitative estimate of drug-likeness (QED) is 0.698. The molecular weight excluding hydrogens is 190 g/mol. The molecule has 1 atom stereocenters. The first-order chi connectivity index (χ1) is 5.72. The van der Waals surface area contributed by atoms with Crippen LogP contribution in [0.3, 0.4) is 0 Å². The van der Waals surface area contributed by atoms with Gasteiger partial charge in [0.2, 0.25) is 0 Å². The average Bonchev–Trinajstić information content (AvgIpc) is 2.01. The molecule has 2 fully saturated rings. The maximum atomic E-state index is 11.0. The second-order valence-electron chi connectivity index (χ2n) is 3.32. The van der Waals surface area contributed by atoms with Crippen molar-refractivity contribution in [3.05, 3.63) is 0 Å². The molecule has 2 saturated heterocycles. The summed E-state index contributed by atoms with van der Waals surface area (Å²) in [6.45, 7) is 1.67. The van der Waals surface area contributed by atoms with Gasteiger partial charge in [-0.3, -0.25) is 10.1 Å². The van der Waals surface area contributed by atoms with E-state index in [1.807, 2.05) is 23.5 Å². The zero-order chi connectivity index (χ0) is 8.60. The third-order valence-electron chi connectivity index (χ3n) is 2.32. The van der Waals surface area contributed by atoms with E-state index in [-0.39, 0.29) is 16.0 Å². The summed E-state index contributed by atoms with van der Waals surface area (Å²) in [7, 11) is 0. The summed E-state index contributed by atoms with van der Waals surface area (Å²) in [5, 5.41) is 3.37. The van der Waals surface area contributed by atoms with Crippen LogP contribution in [-0.4, -0.2) is 27.5 Å². The van der Waals surface area contributed by atoms with Crippen LogP contribution in [0.25, 0.3) is 0 Å². The van der Waals surface area contributed by atoms with Gasteiger partial charge in [-0.25, -0.2) is 0 Å². The van der Waals surface area contributed by atoms with Gasteiger partial charge in [0.25, 0.3) is 0 Å². The second kappa shape index (κ2) is 3.24. The van der Waals surface area contributed by atoms with Crippen LogP contribution in [0.1, 0.15) is 19.8 Å². The summed E-state index contributed by atoms with van der Waals surface area (Å²) in [6.07, 6.45) is 2.33. The first-order valence-electron chi connectivity index (χ1n) is 4.28. The van der Waals surface area contributed by atoms with Crippen molar-refractivity contribution in [1.82, 2.24) is 5.32 Å². The predicted octanol–water partition coefficient (Wildman–Crippen LogP) is 1.46. The molecule has 1 N–H and O–H groups in total. The molecule has 2 aliphatic rings. The Morgan fingerprint density at radius 3 is 2.58 bits per heavy atom. The summed E-state index contributed by atoms with van der Waals surface area (Å²) in [5.74, 6) is 2.77. The fraction of sp³-hybridized carbons (Fsp3) is 0.875. The molecule has 68 valence electrons. The Labute approximate surface area is 81.2 Å². The Hall–Kier alpha value is 0.330. The highest BCUT2D eigenvalue weighted by Gasteiger charge is 2.47. The van der Waals surface area contributed by atoms with Crippen molar-refractivity contribution >= 4 is 29.3 Å². The van der Waals surface area contributed by atoms with Crippen LogP contribution in [-0.2, 0) is 4.79 Å². The zero-order valence-corrected chi connectivity index (χ0v) is 8.76. The highest BCUT2D eigenvalue weighted by Crippen LogP contribution is 2.48. The molecule has 0 aromatic heterocycles. The number of hydrogen-bond donors (Lipinski definition) is 1. The minimum Gasteiger partial charge on any atom is -0.298 e. The number of carbonyl (C=O) groups is 1. The monoisotopic (exact) mass is 203 g/mol. The molecule has 2 nitrogen and oxygen atoms in total. The Kier molecular flexibility index (Phi) is 2.40. The van der Waals surface area contributed by atoms with E-state index < -0.39 is 0 Å². The van der Waals surface area contributed by atoms with Crippen LogP contribution < -0.4 is 5.32 Å². The van der Waals surface area contributed by atoms with Crippen LogP contribution >= 0.6 is 23.5 Å². The first kappa shape index (κ1) is 8.91. The summed E-state index contributed by atoms with van der Waals surface area (Å²) in [4.78, 5) is 11.0. The van der Waals surface area contributed by atoms with E-state index in [9.17, 15) is 4.79 Å². The lowest BCUT2D eigenvalue weighted by atomic mass is 10.0. The maximum absolute atomic E-state index is 11.0. The van der Waals surface area contributed by atoms with Crippen LogP contribution in [0.4, 0.5) is 0 Å². The van der Waals surface area contributed by atoms with E-state index in [1.165, 1.54) is 17.9 Å². The molecule has 1 spiro atoms. The van der Waals surface area contributed by atoms with Gasteiger partial charge in [0, 0.05) is 6.42 Å². The SMILES string of the molecule is CC(=O)[C@@H]1CC2(N1)SCCCS2. The summed E-state index contributed by atoms with van der Waals surface area (Å²) >= 11 is 3.95. The average molecular weight is 203 g/mol. The first-order valence-corrected chi connectivity index (χ1v) is 6.25. The molecule has 0 amide bonds. The van der Waals surface area contributed by atoms with Crippen LogP contribution in [0.2, 0.25) is 0 Å². The molecule has 0 unspecified atom stereocenters. The molecule has 12 heavy (non-hydrogen) atoms. The van der Waals surface area contributed by atoms with E-state index in [1.54, 1.807) is 6.92 Å². The van der Waals surface area contributed by atoms with Gasteiger partial charge in [-0.2, -0.15) is 0 Å². The molecular formula is C8H13NOS2. The molecule has 0 saturated carbocycles. The van der Waals surface area contributed by atoms with E-state index >= 15 is 0 Å². The molecule has 0 bridgehead atoms. The number of hydrogen-bond acceptors (Lipinski definition) is 4. The minimum atomic E-state index is 0.142. The van der Waals surface area contributed by atoms with E-state index in [2.05, 4.69) is 5.32 Å². The third-order valence-corrected chi connectivity index (χ3v) is 5.51. The number of rotatable bonds is 1. The molecule has 0 aromatic rings. The second-order valence-corrected chi connectivity index (χ2v) is 6.36. The van der Waals surface area contributed by atoms with Gasteiger partial charge < -0.3 is 0 Å². The zero-order valence-electron chi connectivity index (χ0n) is 7.13. The molecule has 4 heteroatoms. The molecule has 0 radical (unpaired) electrons. The lowest BCUT2D eigenvalue weighted by Crippen LogP contribution is -2.63. The van der Waals surface area contributed by atoms with Gasteiger partial charge in [-0.05, 0) is 24.9 Å². The number of ketones is 1. The van der Waals surface area contributed by atoms with Gasteiger partial charge in [-0.1, -0.05) is 0 Å². The van der Waals surface area contributed by atoms with Crippen LogP contribution in [0.5, 0.6) is 0 Å². The molecule has 0 aliphatic carbocycles. The van der Waals surface area contributed by atoms with Crippen LogP contribution in [0, 0.1) is 0 Å². The fourth-order valence-electron chi connectivity index (χ4n) is 1.53. The highest BCUT2D eigenvalue weighted by molar-refractivity contribution is 8.18. The largest absolute Gasteiger partial charge is 0.298 e. The third kappa shape index (κ3) is 1.52. The van der Waals surface area contributed by atoms with Gasteiger partial charge >= 0.3 is 0 Å². The Balaban J connectivity index is 1.88. The van der Waals surface area contributed by atoms with Crippen molar-refractivity contribution < 1.29 is 4.79 Å². The number of Topliss-reactive ketones (excluding diaryl/α,β-unsaturated/α-hetero) is 1. The Morgan fingerprint density at radius 2 is 2.08 bits per heavy atom. The predicted molar refractivity (Wildman–Crippen MR) is 54.5 cm³/mol. The van der Waals surface area contributed by atoms with Crippen molar-refractivity contribution in [2.75, 3.05) is 11.5 Å². The van der Waals surface area contributed by atoms with Crippen molar-refractivity contribution in [3.63, 3.8) is 0 Å². The highest BCUT2D eigenvalue weighted by atomic mass is 32.2. The smallest absolute Gasteiger partial charge is 0.146 e. The summed E-state index contributed by atoms with van der Waals surface area (Å²) < 4.78 is 0.217. The topological polar surface area (TPSA) is 29.1 Å². The Morgan fingerprint density at radius 1 is 1.50 bits per heavy atom. The van der Waals surface area contributed by atoms with Crippen LogP contribution in [0.15, 0.2) is 0 Å². The number of nitrogens with one attached hydrogen (secondary N) is 1. The van der Waals surface area contributed by atoms with Gasteiger partial charge in [-0.15, -0.1) is 23.5 Å². The standard InChI is InChI=1S/C8H13NOS2/c1-6(10)7-5-8(9-7)11-3-2-4-12-8/h7,9H,2-5H2,1H3/t7-/m0/s1. The normalized spacial score (nSPS) is 32.9. The van der Waals surface area contributed by atoms with Gasteiger partial charge in [0.15, 0.2) is 0 Å². The summed E-state index contributed by atoms with van der Waals surface area (Å²) in [5.41, 5.74) is 0. The van der Waals surface area contributed by atoms with Crippen molar-refractivity contribution in [2.45, 2.75) is 30.0 Å². The minimum absolute atomic E-state index is 0.142. The molecule has 0 aromatic carbocycles. The van der Waals surface area contributed by atoms with Crippen molar-refractivity contribution in [2.24, 2.45) is 0 Å². The maximum Gasteiger partial charge on any atom is 0.146 e. The van der Waals surface area contributed by atoms with Gasteiger partial charge in [0.05, 0.1) is 6.04 Å². The molecule has 2 heterocycles. The van der Waals surface area contributed by atoms with Crippen molar-refractivity contribution in [3.8, 4) is 0 Å².